The van der Waals surface area contributed by atoms with Gasteiger partial charge in [0.05, 0.1) is 10.6 Å². The van der Waals surface area contributed by atoms with Crippen molar-refractivity contribution in [2.75, 3.05) is 10.8 Å². The molecule has 4 aromatic carbocycles. The third kappa shape index (κ3) is 8.86. The number of hydrogen-bond acceptors (Lipinski definition) is 5. The van der Waals surface area contributed by atoms with Crippen LogP contribution < -0.4 is 14.4 Å². The molecular weight excluding hydrogens is 657 g/mol. The van der Waals surface area contributed by atoms with Crippen LogP contribution in [0.2, 0.25) is 10.0 Å². The number of benzene rings is 4. The van der Waals surface area contributed by atoms with Gasteiger partial charge >= 0.3 is 0 Å². The molecule has 0 aromatic heterocycles. The van der Waals surface area contributed by atoms with Crippen molar-refractivity contribution in [3.63, 3.8) is 0 Å². The highest BCUT2D eigenvalue weighted by atomic mass is 35.5. The summed E-state index contributed by atoms with van der Waals surface area (Å²) in [6, 6.07) is 27.6. The highest BCUT2D eigenvalue weighted by molar-refractivity contribution is 7.92. The maximum absolute atomic E-state index is 14.3. The lowest BCUT2D eigenvalue weighted by Crippen LogP contribution is -2.53. The van der Waals surface area contributed by atoms with Crippen molar-refractivity contribution in [1.29, 1.82) is 0 Å². The monoisotopic (exact) mass is 693 g/mol. The summed E-state index contributed by atoms with van der Waals surface area (Å²) < 4.78 is 35.1. The number of halogens is 2. The third-order valence-electron chi connectivity index (χ3n) is 8.19. The first-order valence-corrected chi connectivity index (χ1v) is 17.8. The fourth-order valence-electron chi connectivity index (χ4n) is 5.54. The Hall–Kier alpha value is -4.05. The molecule has 2 amide bonds. The minimum absolute atomic E-state index is 0.0211. The number of para-hydroxylation sites is 1. The first-order valence-electron chi connectivity index (χ1n) is 15.6. The summed E-state index contributed by atoms with van der Waals surface area (Å²) in [6.07, 6.45) is 4.95. The fraction of sp³-hybridized carbons (Fsp3) is 0.278. The summed E-state index contributed by atoms with van der Waals surface area (Å²) in [6.45, 7) is 1.05. The molecule has 246 valence electrons. The molecule has 1 aliphatic carbocycles. The summed E-state index contributed by atoms with van der Waals surface area (Å²) in [5.74, 6) is 0.234. The molecular formula is C36H37Cl2N3O5S. The number of rotatable bonds is 12. The molecule has 0 bridgehead atoms. The zero-order valence-electron chi connectivity index (χ0n) is 26.0. The van der Waals surface area contributed by atoms with Gasteiger partial charge in [-0.1, -0.05) is 84.9 Å². The molecule has 1 atom stereocenters. The van der Waals surface area contributed by atoms with E-state index in [2.05, 4.69) is 5.32 Å². The Kier molecular flexibility index (Phi) is 11.4. The van der Waals surface area contributed by atoms with Gasteiger partial charge in [0.15, 0.2) is 0 Å². The number of carbonyl (C=O) groups excluding carboxylic acids is 2. The van der Waals surface area contributed by atoms with E-state index < -0.39 is 28.5 Å². The van der Waals surface area contributed by atoms with E-state index in [4.69, 9.17) is 27.9 Å². The molecule has 5 rings (SSSR count). The molecule has 8 nitrogen and oxygen atoms in total. The molecule has 0 aliphatic heterocycles. The van der Waals surface area contributed by atoms with E-state index in [0.717, 1.165) is 36.4 Å². The number of nitrogens with zero attached hydrogens (tertiary/aromatic N) is 2. The van der Waals surface area contributed by atoms with Crippen LogP contribution in [-0.4, -0.2) is 43.8 Å². The van der Waals surface area contributed by atoms with Gasteiger partial charge in [-0.25, -0.2) is 8.42 Å². The van der Waals surface area contributed by atoms with Crippen LogP contribution in [0, 0.1) is 0 Å². The fourth-order valence-corrected chi connectivity index (χ4v) is 7.44. The first kappa shape index (κ1) is 34.3. The van der Waals surface area contributed by atoms with Crippen LogP contribution in [0.25, 0.3) is 0 Å². The smallest absolute Gasteiger partial charge is 0.264 e. The molecule has 1 N–H and O–H groups in total. The predicted octanol–water partition coefficient (Wildman–Crippen LogP) is 7.85. The summed E-state index contributed by atoms with van der Waals surface area (Å²) in [7, 11) is -4.21. The van der Waals surface area contributed by atoms with Gasteiger partial charge < -0.3 is 15.0 Å². The summed E-state index contributed by atoms with van der Waals surface area (Å²) >= 11 is 12.6. The zero-order valence-corrected chi connectivity index (χ0v) is 28.3. The number of nitrogens with one attached hydrogen (secondary N) is 1. The van der Waals surface area contributed by atoms with Crippen LogP contribution in [0.15, 0.2) is 108 Å². The van der Waals surface area contributed by atoms with Crippen molar-refractivity contribution in [3.05, 3.63) is 119 Å². The summed E-state index contributed by atoms with van der Waals surface area (Å²) in [5, 5.41) is 3.86. The Balaban J connectivity index is 1.47. The molecule has 4 aromatic rings. The van der Waals surface area contributed by atoms with Gasteiger partial charge in [-0.15, -0.1) is 0 Å². The van der Waals surface area contributed by atoms with Crippen LogP contribution in [0.5, 0.6) is 11.5 Å². The van der Waals surface area contributed by atoms with E-state index in [1.54, 1.807) is 67.6 Å². The maximum Gasteiger partial charge on any atom is 0.264 e. The van der Waals surface area contributed by atoms with Crippen LogP contribution in [0.1, 0.15) is 44.6 Å². The second kappa shape index (κ2) is 15.7. The van der Waals surface area contributed by atoms with Crippen molar-refractivity contribution in [3.8, 4) is 11.5 Å². The lowest BCUT2D eigenvalue weighted by atomic mass is 9.95. The Morgan fingerprint density at radius 3 is 2.11 bits per heavy atom. The Bertz CT molecular complexity index is 1770. The minimum Gasteiger partial charge on any atom is -0.457 e. The average Bonchev–Trinajstić information content (AvgIpc) is 3.08. The van der Waals surface area contributed by atoms with E-state index >= 15 is 0 Å². The van der Waals surface area contributed by atoms with E-state index in [0.29, 0.717) is 27.1 Å². The van der Waals surface area contributed by atoms with Crippen molar-refractivity contribution in [2.24, 2.45) is 0 Å². The second-order valence-electron chi connectivity index (χ2n) is 11.5. The van der Waals surface area contributed by atoms with Gasteiger partial charge in [0.25, 0.3) is 10.0 Å². The number of sulfonamides is 1. The molecule has 0 heterocycles. The molecule has 11 heteroatoms. The number of carbonyl (C=O) groups is 2. The van der Waals surface area contributed by atoms with Gasteiger partial charge in [0.2, 0.25) is 11.8 Å². The van der Waals surface area contributed by atoms with E-state index in [9.17, 15) is 18.0 Å². The minimum atomic E-state index is -4.21. The standard InChI is InChI=1S/C36H37Cl2N3O5S/c1-26(36(43)39-29-11-5-2-6-12-29)40(24-27-17-18-28(37)23-34(27)38)35(42)25-41(47(44,45)33-15-9-4-10-16-33)30-19-21-32(22-20-30)46-31-13-7-3-8-14-31/h3-4,7-10,13-23,26,29H,2,5-6,11-12,24-25H2,1H3,(H,39,43)/t26-/m1/s1. The maximum atomic E-state index is 14.3. The van der Waals surface area contributed by atoms with E-state index in [1.165, 1.54) is 17.0 Å². The molecule has 1 fully saturated rings. The SMILES string of the molecule is C[C@H](C(=O)NC1CCCCC1)N(Cc1ccc(Cl)cc1Cl)C(=O)CN(c1ccc(Oc2ccccc2)cc1)S(=O)(=O)c1ccccc1. The lowest BCUT2D eigenvalue weighted by molar-refractivity contribution is -0.139. The average molecular weight is 695 g/mol. The normalized spacial score (nSPS) is 14.2. The van der Waals surface area contributed by atoms with Crippen LogP contribution >= 0.6 is 23.2 Å². The van der Waals surface area contributed by atoms with Crippen molar-refractivity contribution < 1.29 is 22.7 Å². The van der Waals surface area contributed by atoms with Crippen LogP contribution in [0.4, 0.5) is 5.69 Å². The molecule has 0 radical (unpaired) electrons. The number of hydrogen-bond donors (Lipinski definition) is 1. The summed E-state index contributed by atoms with van der Waals surface area (Å²) in [5.41, 5.74) is 0.827. The Labute approximate surface area is 286 Å². The van der Waals surface area contributed by atoms with Crippen molar-refractivity contribution >= 4 is 50.7 Å². The molecule has 0 spiro atoms. The van der Waals surface area contributed by atoms with Gasteiger partial charge in [-0.05, 0) is 86.0 Å². The Morgan fingerprint density at radius 2 is 1.47 bits per heavy atom. The number of amides is 2. The second-order valence-corrected chi connectivity index (χ2v) is 14.2. The van der Waals surface area contributed by atoms with Gasteiger partial charge in [0.1, 0.15) is 24.1 Å². The molecule has 0 saturated heterocycles. The Morgan fingerprint density at radius 1 is 0.851 bits per heavy atom. The number of anilines is 1. The molecule has 1 aliphatic rings. The topological polar surface area (TPSA) is 96.0 Å². The van der Waals surface area contributed by atoms with Gasteiger partial charge in [-0.2, -0.15) is 0 Å². The third-order valence-corrected chi connectivity index (χ3v) is 10.6. The van der Waals surface area contributed by atoms with Crippen molar-refractivity contribution in [1.82, 2.24) is 10.2 Å². The molecule has 1 saturated carbocycles. The first-order chi connectivity index (χ1) is 22.6. The van der Waals surface area contributed by atoms with E-state index in [1.807, 2.05) is 30.3 Å². The van der Waals surface area contributed by atoms with Crippen LogP contribution in [0.3, 0.4) is 0 Å². The zero-order chi connectivity index (χ0) is 33.4. The number of ether oxygens (including phenoxy) is 1. The lowest BCUT2D eigenvalue weighted by Gasteiger charge is -2.33. The largest absolute Gasteiger partial charge is 0.457 e. The highest BCUT2D eigenvalue weighted by Crippen LogP contribution is 2.29. The van der Waals surface area contributed by atoms with E-state index in [-0.39, 0.29) is 29.1 Å². The highest BCUT2D eigenvalue weighted by Gasteiger charge is 2.33. The van der Waals surface area contributed by atoms with Gasteiger partial charge in [-0.3, -0.25) is 13.9 Å². The van der Waals surface area contributed by atoms with Crippen molar-refractivity contribution in [2.45, 2.75) is 62.6 Å². The quantitative estimate of drug-likeness (QED) is 0.163. The molecule has 0 unspecified atom stereocenters. The van der Waals surface area contributed by atoms with Crippen LogP contribution in [-0.2, 0) is 26.2 Å². The van der Waals surface area contributed by atoms with Gasteiger partial charge in [0, 0.05) is 22.6 Å². The summed E-state index contributed by atoms with van der Waals surface area (Å²) in [4.78, 5) is 29.2. The molecule has 47 heavy (non-hydrogen) atoms. The predicted molar refractivity (Wildman–Crippen MR) is 185 cm³/mol.